The third kappa shape index (κ3) is 7.53. The number of hydrogen-bond acceptors (Lipinski definition) is 3. The molecule has 108 valence electrons. The number of rotatable bonds is 4. The second-order valence-corrected chi connectivity index (χ2v) is 5.28. The molecule has 1 saturated heterocycles. The number of hydrogen-bond donors (Lipinski definition) is 1. The Balaban J connectivity index is -0.000000609. The molecule has 3 nitrogen and oxygen atoms in total. The van der Waals surface area contributed by atoms with E-state index in [1.807, 2.05) is 41.5 Å². The fourth-order valence-corrected chi connectivity index (χ4v) is 1.47. The summed E-state index contributed by atoms with van der Waals surface area (Å²) < 4.78 is 11.6. The molecule has 1 atom stereocenters. The molecule has 0 spiro atoms. The fraction of sp³-hybridized carbons (Fsp3) is 0.769. The maximum atomic E-state index is 5.92. The van der Waals surface area contributed by atoms with E-state index < -0.39 is 0 Å². The molecule has 1 unspecified atom stereocenters. The van der Waals surface area contributed by atoms with Crippen LogP contribution in [0.15, 0.2) is 5.47 Å². The van der Waals surface area contributed by atoms with Crippen molar-refractivity contribution < 1.29 is 60.7 Å². The molecule has 1 N–H and O–H groups in total. The molecule has 0 aromatic carbocycles. The predicted octanol–water partition coefficient (Wildman–Crippen LogP) is 0.227. The SMILES string of the molecule is CC.[CH-]=C(CCNP)B1OC(C)(C)C(C)(C)O1.[CH3-].[K+]. The molecule has 0 aromatic rings. The smallest absolute Gasteiger partial charge is 0.519 e. The van der Waals surface area contributed by atoms with Gasteiger partial charge in [-0.25, -0.2) is 5.47 Å². The summed E-state index contributed by atoms with van der Waals surface area (Å²) in [5.41, 5.74) is 0.122. The zero-order valence-electron chi connectivity index (χ0n) is 14.0. The summed E-state index contributed by atoms with van der Waals surface area (Å²) in [5.74, 6) is 0. The normalized spacial score (nSPS) is 18.6. The second-order valence-electron chi connectivity index (χ2n) is 4.87. The van der Waals surface area contributed by atoms with Crippen LogP contribution in [0.1, 0.15) is 48.0 Å². The molecule has 0 amide bonds. The van der Waals surface area contributed by atoms with Crippen molar-refractivity contribution in [1.29, 1.82) is 0 Å². The van der Waals surface area contributed by atoms with Crippen molar-refractivity contribution in [2.75, 3.05) is 6.54 Å². The second kappa shape index (κ2) is 11.3. The van der Waals surface area contributed by atoms with Gasteiger partial charge in [0, 0.05) is 0 Å². The summed E-state index contributed by atoms with van der Waals surface area (Å²) >= 11 is 0. The van der Waals surface area contributed by atoms with Gasteiger partial charge in [-0.2, -0.15) is 0 Å². The van der Waals surface area contributed by atoms with E-state index in [4.69, 9.17) is 15.9 Å². The van der Waals surface area contributed by atoms with Crippen LogP contribution in [-0.4, -0.2) is 24.9 Å². The molecule has 6 heteroatoms. The Morgan fingerprint density at radius 2 is 1.53 bits per heavy atom. The van der Waals surface area contributed by atoms with E-state index in [0.717, 1.165) is 18.4 Å². The Labute approximate surface area is 165 Å². The van der Waals surface area contributed by atoms with Crippen LogP contribution in [0.2, 0.25) is 0 Å². The first-order chi connectivity index (χ1) is 7.80. The van der Waals surface area contributed by atoms with Crippen LogP contribution in [0.3, 0.4) is 0 Å². The monoisotopic (exact) mass is 312 g/mol. The van der Waals surface area contributed by atoms with Crippen LogP contribution in [-0.2, 0) is 9.31 Å². The largest absolute Gasteiger partial charge is 1.00 e. The van der Waals surface area contributed by atoms with Gasteiger partial charge in [0.15, 0.2) is 0 Å². The topological polar surface area (TPSA) is 30.5 Å². The predicted molar refractivity (Wildman–Crippen MR) is 84.0 cm³/mol. The maximum absolute atomic E-state index is 5.92. The zero-order valence-corrected chi connectivity index (χ0v) is 18.2. The molecule has 0 bridgehead atoms. The molecule has 0 saturated carbocycles. The van der Waals surface area contributed by atoms with Crippen molar-refractivity contribution in [1.82, 2.24) is 5.09 Å². The number of nitrogens with one attached hydrogen (secondary N) is 1. The van der Waals surface area contributed by atoms with Crippen LogP contribution in [0.4, 0.5) is 0 Å². The van der Waals surface area contributed by atoms with E-state index in [0.29, 0.717) is 0 Å². The average molecular weight is 312 g/mol. The minimum absolute atomic E-state index is 0. The average Bonchev–Trinajstić information content (AvgIpc) is 2.48. The maximum Gasteiger partial charge on any atom is 1.00 e. The van der Waals surface area contributed by atoms with E-state index in [2.05, 4.69) is 14.5 Å². The van der Waals surface area contributed by atoms with Crippen LogP contribution in [0.5, 0.6) is 0 Å². The molecule has 0 aliphatic carbocycles. The van der Waals surface area contributed by atoms with Gasteiger partial charge in [0.05, 0.1) is 11.2 Å². The third-order valence-electron chi connectivity index (χ3n) is 3.11. The molecule has 1 heterocycles. The first-order valence-corrected chi connectivity index (χ1v) is 6.78. The van der Waals surface area contributed by atoms with Gasteiger partial charge in [0.2, 0.25) is 0 Å². The Bertz CT molecular complexity index is 247. The summed E-state index contributed by atoms with van der Waals surface area (Å²) in [6.45, 7) is 18.8. The Kier molecular flexibility index (Phi) is 15.3. The van der Waals surface area contributed by atoms with Crippen LogP contribution >= 0.6 is 9.39 Å². The Morgan fingerprint density at radius 1 is 1.16 bits per heavy atom. The van der Waals surface area contributed by atoms with Crippen molar-refractivity contribution in [2.45, 2.75) is 59.2 Å². The molecular weight excluding hydrogens is 283 g/mol. The van der Waals surface area contributed by atoms with Gasteiger partial charge in [-0.05, 0) is 34.2 Å². The van der Waals surface area contributed by atoms with Gasteiger partial charge < -0.3 is 28.4 Å². The molecule has 0 aromatic heterocycles. The Morgan fingerprint density at radius 3 is 1.84 bits per heavy atom. The van der Waals surface area contributed by atoms with Crippen LogP contribution < -0.4 is 56.5 Å². The zero-order chi connectivity index (χ0) is 13.7. The molecule has 19 heavy (non-hydrogen) atoms. The fourth-order valence-electron chi connectivity index (χ4n) is 1.33. The van der Waals surface area contributed by atoms with Crippen LogP contribution in [0, 0.1) is 14.0 Å². The van der Waals surface area contributed by atoms with E-state index in [1.165, 1.54) is 0 Å². The minimum Gasteiger partial charge on any atom is -0.519 e. The van der Waals surface area contributed by atoms with Crippen molar-refractivity contribution in [3.63, 3.8) is 0 Å². The summed E-state index contributed by atoms with van der Waals surface area (Å²) in [7, 11) is 2.07. The van der Waals surface area contributed by atoms with Crippen molar-refractivity contribution >= 4 is 16.5 Å². The molecule has 0 radical (unpaired) electrons. The van der Waals surface area contributed by atoms with Gasteiger partial charge in [0.1, 0.15) is 0 Å². The van der Waals surface area contributed by atoms with Gasteiger partial charge >= 0.3 is 58.5 Å². The van der Waals surface area contributed by atoms with E-state index >= 15 is 0 Å². The first-order valence-electron chi connectivity index (χ1n) is 6.20. The van der Waals surface area contributed by atoms with E-state index in [9.17, 15) is 0 Å². The van der Waals surface area contributed by atoms with E-state index in [-0.39, 0.29) is 77.1 Å². The van der Waals surface area contributed by atoms with Crippen LogP contribution in [0.25, 0.3) is 0 Å². The third-order valence-corrected chi connectivity index (χ3v) is 3.40. The molecule has 1 aliphatic heterocycles. The van der Waals surface area contributed by atoms with Crippen molar-refractivity contribution in [2.24, 2.45) is 0 Å². The summed E-state index contributed by atoms with van der Waals surface area (Å²) in [5, 5.41) is 2.97. The van der Waals surface area contributed by atoms with Gasteiger partial charge in [-0.3, -0.25) is 0 Å². The molecule has 1 rings (SSSR count). The van der Waals surface area contributed by atoms with Gasteiger partial charge in [-0.15, -0.1) is 0 Å². The quantitative estimate of drug-likeness (QED) is 0.458. The van der Waals surface area contributed by atoms with E-state index in [1.54, 1.807) is 0 Å². The Hall–Kier alpha value is 1.75. The van der Waals surface area contributed by atoms with Gasteiger partial charge in [-0.1, -0.05) is 29.7 Å². The van der Waals surface area contributed by atoms with Crippen molar-refractivity contribution in [3.8, 4) is 0 Å². The summed E-state index contributed by atoms with van der Waals surface area (Å²) in [4.78, 5) is 0. The van der Waals surface area contributed by atoms with Gasteiger partial charge in [0.25, 0.3) is 0 Å². The molecular formula is C13H29BKNO2P-. The standard InChI is InChI=1S/C10H20BNO2P.C2H6.CH3.K/c1-8(6-7-12-15)11-13-9(2,3)10(4,5)14-11;1-2;;/h1,12H,6-7,15H2,2-5H3;1-2H3;1H3;/q-1;;-1;+1. The summed E-state index contributed by atoms with van der Waals surface area (Å²) in [6, 6.07) is 0. The minimum atomic E-state index is -0.381. The molecule has 1 aliphatic rings. The molecule has 1 fully saturated rings. The summed E-state index contributed by atoms with van der Waals surface area (Å²) in [6.07, 6.45) is 0.750. The first kappa shape index (κ1) is 25.7. The van der Waals surface area contributed by atoms with Crippen molar-refractivity contribution in [3.05, 3.63) is 19.5 Å².